The van der Waals surface area contributed by atoms with Gasteiger partial charge in [-0.15, -0.1) is 0 Å². The molecule has 6 nitrogen and oxygen atoms in total. The summed E-state index contributed by atoms with van der Waals surface area (Å²) in [4.78, 5) is 26.1. The molecule has 0 aromatic heterocycles. The smallest absolute Gasteiger partial charge is 0.326 e. The third kappa shape index (κ3) is 3.86. The summed E-state index contributed by atoms with van der Waals surface area (Å²) in [7, 11) is 1.59. The number of carboxylic acid groups (broad SMARTS) is 1. The third-order valence-corrected chi connectivity index (χ3v) is 4.43. The van der Waals surface area contributed by atoms with Crippen LogP contribution in [0.5, 0.6) is 5.75 Å². The van der Waals surface area contributed by atoms with Crippen LogP contribution in [0.15, 0.2) is 48.5 Å². The van der Waals surface area contributed by atoms with Crippen molar-refractivity contribution >= 4 is 11.9 Å². The Kier molecular flexibility index (Phi) is 5.53. The number of ether oxygens (including phenoxy) is 2. The number of carbonyl (C=O) groups excluding carboxylic acids is 1. The molecule has 136 valence electrons. The number of rotatable bonds is 6. The molecule has 6 heteroatoms. The van der Waals surface area contributed by atoms with E-state index in [2.05, 4.69) is 0 Å². The molecule has 0 aliphatic carbocycles. The fourth-order valence-corrected chi connectivity index (χ4v) is 3.08. The van der Waals surface area contributed by atoms with E-state index in [1.54, 1.807) is 31.4 Å². The van der Waals surface area contributed by atoms with Crippen LogP contribution in [-0.4, -0.2) is 48.2 Å². The lowest BCUT2D eigenvalue weighted by Gasteiger charge is -2.34. The number of carboxylic acids is 1. The van der Waals surface area contributed by atoms with Gasteiger partial charge >= 0.3 is 5.97 Å². The Morgan fingerprint density at radius 3 is 2.62 bits per heavy atom. The first-order valence-electron chi connectivity index (χ1n) is 8.42. The number of nitrogens with zero attached hydrogens (tertiary/aromatic N) is 1. The number of carbonyl (C=O) groups is 2. The first kappa shape index (κ1) is 17.9. The Hall–Kier alpha value is -2.86. The summed E-state index contributed by atoms with van der Waals surface area (Å²) in [6.45, 7) is 1.10. The minimum atomic E-state index is -1.000. The highest BCUT2D eigenvalue weighted by Crippen LogP contribution is 2.26. The third-order valence-electron chi connectivity index (χ3n) is 4.43. The Balaban J connectivity index is 1.83. The fraction of sp³-hybridized carbons (Fsp3) is 0.300. The monoisotopic (exact) mass is 355 g/mol. The predicted octanol–water partition coefficient (Wildman–Crippen LogP) is 2.36. The maximum Gasteiger partial charge on any atom is 0.326 e. The van der Waals surface area contributed by atoms with Crippen LogP contribution >= 0.6 is 0 Å². The zero-order chi connectivity index (χ0) is 18.5. The average molecular weight is 355 g/mol. The Morgan fingerprint density at radius 1 is 1.12 bits per heavy atom. The summed E-state index contributed by atoms with van der Waals surface area (Å²) in [5.41, 5.74) is 2.36. The van der Waals surface area contributed by atoms with E-state index in [0.29, 0.717) is 30.9 Å². The highest BCUT2D eigenvalue weighted by Gasteiger charge is 2.34. The van der Waals surface area contributed by atoms with Crippen molar-refractivity contribution in [2.45, 2.75) is 19.0 Å². The number of hydrogen-bond acceptors (Lipinski definition) is 4. The van der Waals surface area contributed by atoms with E-state index >= 15 is 0 Å². The summed E-state index contributed by atoms with van der Waals surface area (Å²) in [5.74, 6) is -0.762. The quantitative estimate of drug-likeness (QED) is 0.805. The molecule has 1 heterocycles. The first-order valence-corrected chi connectivity index (χ1v) is 8.42. The molecule has 1 amide bonds. The molecule has 0 bridgehead atoms. The summed E-state index contributed by atoms with van der Waals surface area (Å²) in [5, 5.41) is 9.60. The van der Waals surface area contributed by atoms with Crippen LogP contribution < -0.4 is 4.74 Å². The van der Waals surface area contributed by atoms with Crippen LogP contribution in [0.1, 0.15) is 21.5 Å². The maximum absolute atomic E-state index is 13.0. The van der Waals surface area contributed by atoms with E-state index in [4.69, 9.17) is 9.47 Å². The van der Waals surface area contributed by atoms with Gasteiger partial charge in [0.15, 0.2) is 0 Å². The lowest BCUT2D eigenvalue weighted by Crippen LogP contribution is -2.48. The van der Waals surface area contributed by atoms with Crippen LogP contribution in [0.25, 0.3) is 0 Å². The number of hydrogen-bond donors (Lipinski definition) is 1. The second-order valence-electron chi connectivity index (χ2n) is 6.13. The van der Waals surface area contributed by atoms with E-state index in [9.17, 15) is 14.7 Å². The topological polar surface area (TPSA) is 76.1 Å². The SMILES string of the molecule is COCCOc1cccc(C(=O)N2Cc3ccccc3C[C@H]2C(=O)O)c1. The van der Waals surface area contributed by atoms with Gasteiger partial charge in [-0.3, -0.25) is 4.79 Å². The molecule has 0 fully saturated rings. The van der Waals surface area contributed by atoms with Crippen LogP contribution in [0.4, 0.5) is 0 Å². The molecular formula is C20H21NO5. The van der Waals surface area contributed by atoms with Crippen molar-refractivity contribution in [1.82, 2.24) is 4.90 Å². The molecule has 3 rings (SSSR count). The number of amides is 1. The lowest BCUT2D eigenvalue weighted by atomic mass is 9.93. The number of aliphatic carboxylic acids is 1. The van der Waals surface area contributed by atoms with Gasteiger partial charge in [0.05, 0.1) is 6.61 Å². The van der Waals surface area contributed by atoms with Crippen LogP contribution in [0, 0.1) is 0 Å². The van der Waals surface area contributed by atoms with Crippen molar-refractivity contribution in [3.05, 3.63) is 65.2 Å². The fourth-order valence-electron chi connectivity index (χ4n) is 3.08. The summed E-state index contributed by atoms with van der Waals surface area (Å²) >= 11 is 0. The molecule has 1 aliphatic rings. The summed E-state index contributed by atoms with van der Waals surface area (Å²) in [6, 6.07) is 13.5. The minimum Gasteiger partial charge on any atom is -0.491 e. The molecule has 26 heavy (non-hydrogen) atoms. The molecule has 2 aromatic carbocycles. The second-order valence-corrected chi connectivity index (χ2v) is 6.13. The Bertz CT molecular complexity index is 804. The first-order chi connectivity index (χ1) is 12.6. The normalized spacial score (nSPS) is 16.0. The zero-order valence-corrected chi connectivity index (χ0v) is 14.6. The van der Waals surface area contributed by atoms with Crippen LogP contribution in [0.3, 0.4) is 0 Å². The average Bonchev–Trinajstić information content (AvgIpc) is 2.66. The molecule has 0 saturated carbocycles. The van der Waals surface area contributed by atoms with Gasteiger partial charge in [0, 0.05) is 25.6 Å². The van der Waals surface area contributed by atoms with Gasteiger partial charge < -0.3 is 19.5 Å². The van der Waals surface area contributed by atoms with Gasteiger partial charge in [-0.25, -0.2) is 4.79 Å². The van der Waals surface area contributed by atoms with E-state index < -0.39 is 12.0 Å². The maximum atomic E-state index is 13.0. The molecule has 1 atom stereocenters. The van der Waals surface area contributed by atoms with E-state index in [1.807, 2.05) is 24.3 Å². The Labute approximate surface area is 152 Å². The van der Waals surface area contributed by atoms with Crippen molar-refractivity contribution in [3.8, 4) is 5.75 Å². The van der Waals surface area contributed by atoms with Gasteiger partial charge in [0.2, 0.25) is 0 Å². The molecule has 0 radical (unpaired) electrons. The minimum absolute atomic E-state index is 0.279. The molecular weight excluding hydrogens is 334 g/mol. The second kappa shape index (κ2) is 8.01. The van der Waals surface area contributed by atoms with E-state index in [-0.39, 0.29) is 12.5 Å². The number of benzene rings is 2. The molecule has 1 N–H and O–H groups in total. The highest BCUT2D eigenvalue weighted by atomic mass is 16.5. The molecule has 0 saturated heterocycles. The van der Waals surface area contributed by atoms with Crippen molar-refractivity contribution in [3.63, 3.8) is 0 Å². The van der Waals surface area contributed by atoms with Gasteiger partial charge in [-0.05, 0) is 29.3 Å². The van der Waals surface area contributed by atoms with Crippen molar-refractivity contribution in [2.75, 3.05) is 20.3 Å². The van der Waals surface area contributed by atoms with Gasteiger partial charge in [-0.1, -0.05) is 30.3 Å². The Morgan fingerprint density at radius 2 is 1.88 bits per heavy atom. The van der Waals surface area contributed by atoms with Crippen molar-refractivity contribution in [1.29, 1.82) is 0 Å². The number of fused-ring (bicyclic) bond motifs is 1. The highest BCUT2D eigenvalue weighted by molar-refractivity contribution is 5.97. The largest absolute Gasteiger partial charge is 0.491 e. The summed E-state index contributed by atoms with van der Waals surface area (Å²) in [6.07, 6.45) is 0.307. The van der Waals surface area contributed by atoms with Crippen molar-refractivity contribution in [2.24, 2.45) is 0 Å². The molecule has 1 aliphatic heterocycles. The zero-order valence-electron chi connectivity index (χ0n) is 14.6. The predicted molar refractivity (Wildman–Crippen MR) is 95.3 cm³/mol. The molecule has 0 unspecified atom stereocenters. The van der Waals surface area contributed by atoms with Crippen LogP contribution in [-0.2, 0) is 22.5 Å². The standard InChI is InChI=1S/C20H21NO5/c1-25-9-10-26-17-8-4-7-15(11-17)19(22)21-13-16-6-3-2-5-14(16)12-18(21)20(23)24/h2-8,11,18H,9-10,12-13H2,1H3,(H,23,24)/t18-/m0/s1. The van der Waals surface area contributed by atoms with Gasteiger partial charge in [-0.2, -0.15) is 0 Å². The van der Waals surface area contributed by atoms with Gasteiger partial charge in [0.25, 0.3) is 5.91 Å². The molecule has 2 aromatic rings. The lowest BCUT2D eigenvalue weighted by molar-refractivity contribution is -0.142. The number of methoxy groups -OCH3 is 1. The van der Waals surface area contributed by atoms with Crippen molar-refractivity contribution < 1.29 is 24.2 Å². The van der Waals surface area contributed by atoms with E-state index in [1.165, 1.54) is 4.90 Å². The van der Waals surface area contributed by atoms with E-state index in [0.717, 1.165) is 11.1 Å². The van der Waals surface area contributed by atoms with Crippen LogP contribution in [0.2, 0.25) is 0 Å². The molecule has 0 spiro atoms. The summed E-state index contributed by atoms with van der Waals surface area (Å²) < 4.78 is 10.5. The van der Waals surface area contributed by atoms with Gasteiger partial charge in [0.1, 0.15) is 18.4 Å².